The van der Waals surface area contributed by atoms with Gasteiger partial charge in [-0.3, -0.25) is 0 Å². The third-order valence-corrected chi connectivity index (χ3v) is 3.02. The van der Waals surface area contributed by atoms with Crippen LogP contribution in [-0.2, 0) is 10.8 Å². The van der Waals surface area contributed by atoms with Gasteiger partial charge in [-0.15, -0.1) is 0 Å². The predicted molar refractivity (Wildman–Crippen MR) is 53.1 cm³/mol. The van der Waals surface area contributed by atoms with Crippen molar-refractivity contribution in [3.8, 4) is 0 Å². The molecule has 1 aromatic carbocycles. The molecular formula is C10H8N2OS. The van der Waals surface area contributed by atoms with Crippen LogP contribution in [0, 0.1) is 0 Å². The van der Waals surface area contributed by atoms with E-state index in [0.29, 0.717) is 5.03 Å². The van der Waals surface area contributed by atoms with Crippen molar-refractivity contribution in [1.29, 1.82) is 0 Å². The van der Waals surface area contributed by atoms with Gasteiger partial charge in [0, 0.05) is 11.1 Å². The molecule has 0 aliphatic rings. The Labute approximate surface area is 84.3 Å². The second-order valence-electron chi connectivity index (χ2n) is 2.63. The largest absolute Gasteiger partial charge is 0.247 e. The first kappa shape index (κ1) is 9.02. The number of aromatic nitrogens is 2. The van der Waals surface area contributed by atoms with E-state index in [1.807, 2.05) is 30.3 Å². The quantitative estimate of drug-likeness (QED) is 0.698. The lowest BCUT2D eigenvalue weighted by Crippen LogP contribution is -1.95. The molecule has 2 rings (SSSR count). The molecule has 0 fully saturated rings. The standard InChI is InChI=1S/C10H8N2OS/c13-14(9-4-2-1-3-5-9)10-6-7-11-8-12-10/h1-8H. The summed E-state index contributed by atoms with van der Waals surface area (Å²) in [5.41, 5.74) is 0. The van der Waals surface area contributed by atoms with Crippen molar-refractivity contribution < 1.29 is 4.21 Å². The lowest BCUT2D eigenvalue weighted by atomic mass is 10.4. The minimum absolute atomic E-state index is 0.534. The van der Waals surface area contributed by atoms with E-state index in [1.54, 1.807) is 12.3 Å². The second kappa shape index (κ2) is 4.11. The second-order valence-corrected chi connectivity index (χ2v) is 4.06. The summed E-state index contributed by atoms with van der Waals surface area (Å²) in [5, 5.41) is 0.534. The summed E-state index contributed by atoms with van der Waals surface area (Å²) < 4.78 is 11.9. The molecule has 70 valence electrons. The third-order valence-electron chi connectivity index (χ3n) is 1.70. The van der Waals surface area contributed by atoms with Gasteiger partial charge < -0.3 is 0 Å². The Morgan fingerprint density at radius 1 is 1.07 bits per heavy atom. The molecular weight excluding hydrogens is 196 g/mol. The van der Waals surface area contributed by atoms with E-state index in [4.69, 9.17) is 0 Å². The van der Waals surface area contributed by atoms with Crippen LogP contribution in [0.3, 0.4) is 0 Å². The van der Waals surface area contributed by atoms with Crippen molar-refractivity contribution >= 4 is 10.8 Å². The molecule has 1 aromatic heterocycles. The van der Waals surface area contributed by atoms with Crippen LogP contribution in [0.25, 0.3) is 0 Å². The molecule has 14 heavy (non-hydrogen) atoms. The van der Waals surface area contributed by atoms with Gasteiger partial charge in [-0.25, -0.2) is 14.2 Å². The van der Waals surface area contributed by atoms with Crippen LogP contribution in [0.5, 0.6) is 0 Å². The van der Waals surface area contributed by atoms with Crippen molar-refractivity contribution in [3.63, 3.8) is 0 Å². The van der Waals surface area contributed by atoms with Gasteiger partial charge in [0.15, 0.2) is 0 Å². The van der Waals surface area contributed by atoms with E-state index < -0.39 is 10.8 Å². The minimum atomic E-state index is -1.20. The molecule has 0 aliphatic heterocycles. The van der Waals surface area contributed by atoms with E-state index in [9.17, 15) is 4.21 Å². The van der Waals surface area contributed by atoms with E-state index >= 15 is 0 Å². The molecule has 0 bridgehead atoms. The van der Waals surface area contributed by atoms with Crippen molar-refractivity contribution in [2.75, 3.05) is 0 Å². The summed E-state index contributed by atoms with van der Waals surface area (Å²) in [7, 11) is -1.20. The molecule has 0 radical (unpaired) electrons. The van der Waals surface area contributed by atoms with Crippen LogP contribution >= 0.6 is 0 Å². The zero-order valence-electron chi connectivity index (χ0n) is 7.33. The fourth-order valence-corrected chi connectivity index (χ4v) is 2.03. The highest BCUT2D eigenvalue weighted by Crippen LogP contribution is 2.12. The minimum Gasteiger partial charge on any atom is -0.247 e. The zero-order valence-corrected chi connectivity index (χ0v) is 8.15. The van der Waals surface area contributed by atoms with Gasteiger partial charge in [0.05, 0.1) is 0 Å². The fourth-order valence-electron chi connectivity index (χ4n) is 1.05. The zero-order chi connectivity index (χ0) is 9.80. The molecule has 0 saturated carbocycles. The SMILES string of the molecule is O=S(c1ccccc1)c1ccncn1. The van der Waals surface area contributed by atoms with Crippen LogP contribution in [0.4, 0.5) is 0 Å². The van der Waals surface area contributed by atoms with E-state index in [0.717, 1.165) is 4.90 Å². The molecule has 1 heterocycles. The Morgan fingerprint density at radius 3 is 2.50 bits per heavy atom. The highest BCUT2D eigenvalue weighted by Gasteiger charge is 2.06. The molecule has 0 saturated heterocycles. The highest BCUT2D eigenvalue weighted by molar-refractivity contribution is 7.85. The van der Waals surface area contributed by atoms with Crippen molar-refractivity contribution in [2.45, 2.75) is 9.92 Å². The maximum Gasteiger partial charge on any atom is 0.135 e. The Kier molecular flexibility index (Phi) is 2.65. The van der Waals surface area contributed by atoms with Gasteiger partial charge in [-0.05, 0) is 18.2 Å². The average molecular weight is 204 g/mol. The fraction of sp³-hybridized carbons (Fsp3) is 0. The Hall–Kier alpha value is -1.55. The molecule has 3 nitrogen and oxygen atoms in total. The Balaban J connectivity index is 2.35. The summed E-state index contributed by atoms with van der Waals surface area (Å²) in [4.78, 5) is 8.48. The summed E-state index contributed by atoms with van der Waals surface area (Å²) >= 11 is 0. The van der Waals surface area contributed by atoms with Crippen LogP contribution in [0.1, 0.15) is 0 Å². The lowest BCUT2D eigenvalue weighted by Gasteiger charge is -1.99. The Bertz CT molecular complexity index is 389. The summed E-state index contributed by atoms with van der Waals surface area (Å²) in [6.07, 6.45) is 2.99. The maximum absolute atomic E-state index is 11.9. The highest BCUT2D eigenvalue weighted by atomic mass is 32.2. The van der Waals surface area contributed by atoms with Crippen LogP contribution in [-0.4, -0.2) is 14.2 Å². The first-order valence-corrected chi connectivity index (χ1v) is 5.26. The predicted octanol–water partition coefficient (Wildman–Crippen LogP) is 1.64. The average Bonchev–Trinajstić information content (AvgIpc) is 2.30. The van der Waals surface area contributed by atoms with Crippen molar-refractivity contribution in [2.24, 2.45) is 0 Å². The number of rotatable bonds is 2. The Morgan fingerprint density at radius 2 is 1.86 bits per heavy atom. The van der Waals surface area contributed by atoms with Gasteiger partial charge in [0.1, 0.15) is 22.2 Å². The summed E-state index contributed by atoms with van der Waals surface area (Å²) in [6, 6.07) is 10.9. The number of benzene rings is 1. The van der Waals surface area contributed by atoms with Crippen LogP contribution < -0.4 is 0 Å². The monoisotopic (exact) mass is 204 g/mol. The lowest BCUT2D eigenvalue weighted by molar-refractivity contribution is 0.680. The molecule has 0 aliphatic carbocycles. The number of nitrogens with zero attached hydrogens (tertiary/aromatic N) is 2. The van der Waals surface area contributed by atoms with Gasteiger partial charge in [-0.1, -0.05) is 18.2 Å². The molecule has 0 N–H and O–H groups in total. The molecule has 4 heteroatoms. The molecule has 1 unspecified atom stereocenters. The molecule has 0 spiro atoms. The van der Waals surface area contributed by atoms with Gasteiger partial charge in [-0.2, -0.15) is 0 Å². The maximum atomic E-state index is 11.9. The first-order chi connectivity index (χ1) is 6.88. The van der Waals surface area contributed by atoms with Gasteiger partial charge in [0.2, 0.25) is 0 Å². The van der Waals surface area contributed by atoms with Crippen molar-refractivity contribution in [1.82, 2.24) is 9.97 Å². The molecule has 1 atom stereocenters. The summed E-state index contributed by atoms with van der Waals surface area (Å²) in [5.74, 6) is 0. The van der Waals surface area contributed by atoms with Crippen molar-refractivity contribution in [3.05, 3.63) is 48.9 Å². The first-order valence-electron chi connectivity index (χ1n) is 4.11. The third kappa shape index (κ3) is 1.85. The smallest absolute Gasteiger partial charge is 0.135 e. The molecule has 2 aromatic rings. The van der Waals surface area contributed by atoms with E-state index in [2.05, 4.69) is 9.97 Å². The van der Waals surface area contributed by atoms with Gasteiger partial charge in [0.25, 0.3) is 0 Å². The van der Waals surface area contributed by atoms with E-state index in [1.165, 1.54) is 6.33 Å². The number of hydrogen-bond acceptors (Lipinski definition) is 3. The molecule has 0 amide bonds. The normalized spacial score (nSPS) is 12.3. The van der Waals surface area contributed by atoms with E-state index in [-0.39, 0.29) is 0 Å². The van der Waals surface area contributed by atoms with Crippen LogP contribution in [0.2, 0.25) is 0 Å². The topological polar surface area (TPSA) is 42.9 Å². The van der Waals surface area contributed by atoms with Crippen LogP contribution in [0.15, 0.2) is 58.8 Å². The van der Waals surface area contributed by atoms with Gasteiger partial charge >= 0.3 is 0 Å². The summed E-state index contributed by atoms with van der Waals surface area (Å²) in [6.45, 7) is 0. The number of hydrogen-bond donors (Lipinski definition) is 0.